The molecule has 0 aliphatic heterocycles. The van der Waals surface area contributed by atoms with Gasteiger partial charge in [0.2, 0.25) is 0 Å². The number of alkyl halides is 3. The summed E-state index contributed by atoms with van der Waals surface area (Å²) in [5, 5.41) is 6.76. The summed E-state index contributed by atoms with van der Waals surface area (Å²) in [6.07, 6.45) is -2.50. The van der Waals surface area contributed by atoms with Crippen LogP contribution in [0.5, 0.6) is 0 Å². The van der Waals surface area contributed by atoms with Crippen LogP contribution in [0.3, 0.4) is 0 Å². The minimum Gasteiger partial charge on any atom is -0.469 e. The Balaban J connectivity index is 1.52. The zero-order valence-electron chi connectivity index (χ0n) is 17.0. The molecule has 0 saturated carbocycles. The molecule has 162 valence electrons. The standard InChI is InChI=1S/C24H18F3N3O2/c1-14-4-2-3-5-19(14)28-23(31)15-6-8-16(9-7-15)30-21-17-12-13-32-20(17)11-10-18(21)22(29-30)24(25,26)27/h2-9,12-13H,10-11H2,1H3,(H,28,31). The molecule has 1 amide bonds. The van der Waals surface area contributed by atoms with E-state index < -0.39 is 11.9 Å². The van der Waals surface area contributed by atoms with Crippen LogP contribution in [0.1, 0.15) is 32.9 Å². The van der Waals surface area contributed by atoms with Crippen LogP contribution < -0.4 is 5.32 Å². The predicted molar refractivity (Wildman–Crippen MR) is 113 cm³/mol. The van der Waals surface area contributed by atoms with Crippen molar-refractivity contribution in [2.24, 2.45) is 0 Å². The van der Waals surface area contributed by atoms with Gasteiger partial charge in [-0.25, -0.2) is 4.68 Å². The van der Waals surface area contributed by atoms with E-state index in [1.165, 1.54) is 10.9 Å². The number of aryl methyl sites for hydroxylation is 2. The van der Waals surface area contributed by atoms with E-state index in [1.807, 2.05) is 25.1 Å². The first kappa shape index (κ1) is 20.1. The number of nitrogens with zero attached hydrogens (tertiary/aromatic N) is 2. The fourth-order valence-corrected chi connectivity index (χ4v) is 4.02. The monoisotopic (exact) mass is 437 g/mol. The SMILES string of the molecule is Cc1ccccc1NC(=O)c1ccc(-n2nc(C(F)(F)F)c3c2-c2ccoc2CC3)cc1. The number of amides is 1. The molecule has 0 radical (unpaired) electrons. The third-order valence-corrected chi connectivity index (χ3v) is 5.62. The van der Waals surface area contributed by atoms with E-state index >= 15 is 0 Å². The van der Waals surface area contributed by atoms with Crippen molar-refractivity contribution in [3.63, 3.8) is 0 Å². The van der Waals surface area contributed by atoms with Crippen LogP contribution in [0.25, 0.3) is 16.9 Å². The highest BCUT2D eigenvalue weighted by atomic mass is 19.4. The van der Waals surface area contributed by atoms with Crippen molar-refractivity contribution in [1.29, 1.82) is 0 Å². The number of fused-ring (bicyclic) bond motifs is 3. The molecule has 1 N–H and O–H groups in total. The first-order valence-electron chi connectivity index (χ1n) is 10.1. The maximum atomic E-state index is 13.7. The van der Waals surface area contributed by atoms with Crippen molar-refractivity contribution in [1.82, 2.24) is 9.78 Å². The second-order valence-corrected chi connectivity index (χ2v) is 7.66. The Labute approximate surface area is 181 Å². The molecule has 0 fully saturated rings. The van der Waals surface area contributed by atoms with Crippen molar-refractivity contribution in [2.75, 3.05) is 5.32 Å². The van der Waals surface area contributed by atoms with Gasteiger partial charge >= 0.3 is 6.18 Å². The van der Waals surface area contributed by atoms with Crippen LogP contribution in [-0.2, 0) is 19.0 Å². The highest BCUT2D eigenvalue weighted by Crippen LogP contribution is 2.42. The molecule has 32 heavy (non-hydrogen) atoms. The Bertz CT molecular complexity index is 1320. The van der Waals surface area contributed by atoms with Gasteiger partial charge in [0.05, 0.1) is 17.6 Å². The number of hydrogen-bond donors (Lipinski definition) is 1. The van der Waals surface area contributed by atoms with Crippen LogP contribution in [0.2, 0.25) is 0 Å². The van der Waals surface area contributed by atoms with E-state index in [2.05, 4.69) is 10.4 Å². The highest BCUT2D eigenvalue weighted by molar-refractivity contribution is 6.04. The van der Waals surface area contributed by atoms with Crippen molar-refractivity contribution < 1.29 is 22.4 Å². The summed E-state index contributed by atoms with van der Waals surface area (Å²) in [6.45, 7) is 1.89. The van der Waals surface area contributed by atoms with Crippen molar-refractivity contribution in [3.05, 3.63) is 89.0 Å². The molecule has 0 unspecified atom stereocenters. The number of anilines is 1. The molecule has 8 heteroatoms. The highest BCUT2D eigenvalue weighted by Gasteiger charge is 2.41. The van der Waals surface area contributed by atoms with Gasteiger partial charge in [-0.3, -0.25) is 4.79 Å². The van der Waals surface area contributed by atoms with Gasteiger partial charge in [0, 0.05) is 28.8 Å². The van der Waals surface area contributed by atoms with Gasteiger partial charge in [-0.15, -0.1) is 0 Å². The molecule has 2 aromatic carbocycles. The van der Waals surface area contributed by atoms with Gasteiger partial charge in [-0.2, -0.15) is 18.3 Å². The maximum Gasteiger partial charge on any atom is 0.435 e. The van der Waals surface area contributed by atoms with Gasteiger partial charge < -0.3 is 9.73 Å². The van der Waals surface area contributed by atoms with Crippen LogP contribution >= 0.6 is 0 Å². The molecule has 0 spiro atoms. The molecule has 4 aromatic rings. The van der Waals surface area contributed by atoms with E-state index in [0.29, 0.717) is 40.4 Å². The number of carbonyl (C=O) groups is 1. The third-order valence-electron chi connectivity index (χ3n) is 5.62. The summed E-state index contributed by atoms with van der Waals surface area (Å²) in [4.78, 5) is 12.6. The van der Waals surface area contributed by atoms with E-state index in [1.54, 1.807) is 36.4 Å². The molecule has 1 aliphatic rings. The Kier molecular flexibility index (Phi) is 4.65. The van der Waals surface area contributed by atoms with E-state index in [0.717, 1.165) is 5.56 Å². The lowest BCUT2D eigenvalue weighted by molar-refractivity contribution is -0.142. The molecule has 2 heterocycles. The Morgan fingerprint density at radius 3 is 2.53 bits per heavy atom. The zero-order chi connectivity index (χ0) is 22.5. The van der Waals surface area contributed by atoms with Gasteiger partial charge in [0.1, 0.15) is 5.76 Å². The summed E-state index contributed by atoms with van der Waals surface area (Å²) in [5.41, 5.74) is 2.70. The number of para-hydroxylation sites is 1. The molecule has 0 bridgehead atoms. The van der Waals surface area contributed by atoms with E-state index in [-0.39, 0.29) is 17.9 Å². The van der Waals surface area contributed by atoms with Crippen molar-refractivity contribution >= 4 is 11.6 Å². The first-order chi connectivity index (χ1) is 15.3. The average Bonchev–Trinajstić information content (AvgIpc) is 3.39. The second kappa shape index (κ2) is 7.40. The molecular weight excluding hydrogens is 419 g/mol. The first-order valence-corrected chi connectivity index (χ1v) is 10.1. The number of halogens is 3. The number of nitrogens with one attached hydrogen (secondary N) is 1. The summed E-state index contributed by atoms with van der Waals surface area (Å²) in [6, 6.07) is 15.4. The lowest BCUT2D eigenvalue weighted by Crippen LogP contribution is -2.13. The molecular formula is C24H18F3N3O2. The lowest BCUT2D eigenvalue weighted by atomic mass is 9.94. The number of carbonyl (C=O) groups excluding carboxylic acids is 1. The van der Waals surface area contributed by atoms with Gasteiger partial charge in [0.25, 0.3) is 5.91 Å². The minimum absolute atomic E-state index is 0.160. The third kappa shape index (κ3) is 3.37. The van der Waals surface area contributed by atoms with Gasteiger partial charge in [0.15, 0.2) is 5.69 Å². The van der Waals surface area contributed by atoms with E-state index in [4.69, 9.17) is 4.42 Å². The smallest absolute Gasteiger partial charge is 0.435 e. The van der Waals surface area contributed by atoms with Crippen LogP contribution in [0, 0.1) is 6.92 Å². The summed E-state index contributed by atoms with van der Waals surface area (Å²) in [7, 11) is 0. The van der Waals surface area contributed by atoms with Crippen molar-refractivity contribution in [3.8, 4) is 16.9 Å². The minimum atomic E-state index is -4.57. The summed E-state index contributed by atoms with van der Waals surface area (Å²) < 4.78 is 47.7. The predicted octanol–water partition coefficient (Wildman–Crippen LogP) is 5.81. The fourth-order valence-electron chi connectivity index (χ4n) is 4.02. The molecule has 0 atom stereocenters. The Morgan fingerprint density at radius 1 is 1.06 bits per heavy atom. The summed E-state index contributed by atoms with van der Waals surface area (Å²) in [5.74, 6) is 0.336. The number of benzene rings is 2. The normalized spacial score (nSPS) is 12.9. The Morgan fingerprint density at radius 2 is 1.81 bits per heavy atom. The molecule has 0 saturated heterocycles. The van der Waals surface area contributed by atoms with Crippen LogP contribution in [0.15, 0.2) is 65.3 Å². The maximum absolute atomic E-state index is 13.7. The van der Waals surface area contributed by atoms with Gasteiger partial charge in [-0.1, -0.05) is 18.2 Å². The van der Waals surface area contributed by atoms with Crippen LogP contribution in [-0.4, -0.2) is 15.7 Å². The second-order valence-electron chi connectivity index (χ2n) is 7.66. The van der Waals surface area contributed by atoms with Gasteiger partial charge in [-0.05, 0) is 55.3 Å². The number of furan rings is 1. The molecule has 5 nitrogen and oxygen atoms in total. The number of aromatic nitrogens is 2. The van der Waals surface area contributed by atoms with Crippen LogP contribution in [0.4, 0.5) is 18.9 Å². The molecule has 5 rings (SSSR count). The number of rotatable bonds is 3. The quantitative estimate of drug-likeness (QED) is 0.440. The zero-order valence-corrected chi connectivity index (χ0v) is 17.0. The number of hydrogen-bond acceptors (Lipinski definition) is 3. The van der Waals surface area contributed by atoms with Crippen molar-refractivity contribution in [2.45, 2.75) is 25.9 Å². The topological polar surface area (TPSA) is 60.1 Å². The average molecular weight is 437 g/mol. The summed E-state index contributed by atoms with van der Waals surface area (Å²) >= 11 is 0. The lowest BCUT2D eigenvalue weighted by Gasteiger charge is -2.15. The molecule has 1 aliphatic carbocycles. The Hall–Kier alpha value is -3.81. The molecule has 2 aromatic heterocycles. The van der Waals surface area contributed by atoms with E-state index in [9.17, 15) is 18.0 Å². The largest absolute Gasteiger partial charge is 0.469 e. The fraction of sp³-hybridized carbons (Fsp3) is 0.167.